The molecule has 34 heavy (non-hydrogen) atoms. The van der Waals surface area contributed by atoms with Crippen LogP contribution in [0.5, 0.6) is 17.2 Å². The first-order valence-corrected chi connectivity index (χ1v) is 10.0. The third kappa shape index (κ3) is 3.48. The molecule has 0 spiro atoms. The Morgan fingerprint density at radius 1 is 0.971 bits per heavy atom. The molecule has 0 saturated carbocycles. The van der Waals surface area contributed by atoms with Crippen molar-refractivity contribution in [1.82, 2.24) is 0 Å². The Bertz CT molecular complexity index is 1220. The summed E-state index contributed by atoms with van der Waals surface area (Å²) in [5.41, 5.74) is -2.02. The van der Waals surface area contributed by atoms with Crippen molar-refractivity contribution in [2.75, 3.05) is 6.61 Å². The summed E-state index contributed by atoms with van der Waals surface area (Å²) in [5.74, 6) is -4.84. The molecule has 12 nitrogen and oxygen atoms in total. The molecule has 0 bridgehead atoms. The van der Waals surface area contributed by atoms with Gasteiger partial charge in [-0.1, -0.05) is 0 Å². The summed E-state index contributed by atoms with van der Waals surface area (Å²) in [7, 11) is 0. The Morgan fingerprint density at radius 3 is 2.24 bits per heavy atom. The molecular formula is C22H20O12. The van der Waals surface area contributed by atoms with Crippen LogP contribution in [0.1, 0.15) is 47.8 Å². The van der Waals surface area contributed by atoms with Crippen LogP contribution in [0.15, 0.2) is 18.2 Å². The summed E-state index contributed by atoms with van der Waals surface area (Å²) in [4.78, 5) is 38.3. The molecule has 0 aromatic heterocycles. The molecule has 1 aliphatic heterocycles. The van der Waals surface area contributed by atoms with Crippen LogP contribution in [0, 0.1) is 6.92 Å². The number of benzene rings is 2. The van der Waals surface area contributed by atoms with Crippen molar-refractivity contribution >= 4 is 17.5 Å². The molecule has 7 N–H and O–H groups in total. The number of ether oxygens (including phenoxy) is 2. The summed E-state index contributed by atoms with van der Waals surface area (Å²) >= 11 is 0. The van der Waals surface area contributed by atoms with Gasteiger partial charge in [-0.3, -0.25) is 9.59 Å². The maximum atomic E-state index is 13.1. The van der Waals surface area contributed by atoms with Gasteiger partial charge in [0.05, 0.1) is 12.2 Å². The third-order valence-corrected chi connectivity index (χ3v) is 5.89. The fraction of sp³-hybridized carbons (Fsp3) is 0.318. The normalized spacial score (nSPS) is 26.1. The zero-order valence-electron chi connectivity index (χ0n) is 17.5. The Hall–Kier alpha value is -3.55. The van der Waals surface area contributed by atoms with E-state index in [-0.39, 0.29) is 22.3 Å². The second-order valence-electron chi connectivity index (χ2n) is 7.96. The topological polar surface area (TPSA) is 211 Å². The van der Waals surface area contributed by atoms with Gasteiger partial charge in [-0.15, -0.1) is 0 Å². The maximum absolute atomic E-state index is 13.1. The maximum Gasteiger partial charge on any atom is 0.339 e. The van der Waals surface area contributed by atoms with Gasteiger partial charge < -0.3 is 45.2 Å². The highest BCUT2D eigenvalue weighted by Crippen LogP contribution is 2.40. The molecule has 4 rings (SSSR count). The number of aliphatic hydroxyl groups excluding tert-OH is 4. The minimum absolute atomic E-state index is 0.180. The molecule has 1 aliphatic carbocycles. The highest BCUT2D eigenvalue weighted by atomic mass is 16.7. The van der Waals surface area contributed by atoms with Gasteiger partial charge >= 0.3 is 5.97 Å². The number of hydrogen-bond donors (Lipinski definition) is 7. The Morgan fingerprint density at radius 2 is 1.62 bits per heavy atom. The van der Waals surface area contributed by atoms with Crippen LogP contribution in [-0.4, -0.2) is 90.6 Å². The number of rotatable bonds is 4. The number of carboxylic acids is 1. The molecule has 2 aromatic rings. The second kappa shape index (κ2) is 8.34. The summed E-state index contributed by atoms with van der Waals surface area (Å²) in [5, 5.41) is 69.1. The Kier molecular flexibility index (Phi) is 5.79. The van der Waals surface area contributed by atoms with Gasteiger partial charge in [0.15, 0.2) is 11.6 Å². The molecule has 0 amide bonds. The lowest BCUT2D eigenvalue weighted by Crippen LogP contribution is -2.60. The molecule has 0 unspecified atom stereocenters. The van der Waals surface area contributed by atoms with E-state index in [0.717, 1.165) is 18.2 Å². The van der Waals surface area contributed by atoms with Gasteiger partial charge in [0, 0.05) is 22.8 Å². The van der Waals surface area contributed by atoms with Crippen LogP contribution in [0.2, 0.25) is 0 Å². The van der Waals surface area contributed by atoms with Crippen molar-refractivity contribution in [3.63, 3.8) is 0 Å². The van der Waals surface area contributed by atoms with Crippen molar-refractivity contribution in [1.29, 1.82) is 0 Å². The zero-order valence-corrected chi connectivity index (χ0v) is 17.5. The van der Waals surface area contributed by atoms with E-state index in [0.29, 0.717) is 0 Å². The second-order valence-corrected chi connectivity index (χ2v) is 7.96. The van der Waals surface area contributed by atoms with Gasteiger partial charge in [-0.05, 0) is 24.6 Å². The number of aromatic carboxylic acids is 1. The molecule has 1 heterocycles. The Labute approximate surface area is 190 Å². The predicted molar refractivity (Wildman–Crippen MR) is 109 cm³/mol. The van der Waals surface area contributed by atoms with E-state index in [1.54, 1.807) is 0 Å². The number of carbonyl (C=O) groups excluding carboxylic acids is 2. The predicted octanol–water partition coefficient (Wildman–Crippen LogP) is -0.941. The minimum Gasteiger partial charge on any atom is -0.508 e. The fourth-order valence-corrected chi connectivity index (χ4v) is 4.21. The number of ketones is 2. The molecule has 2 aromatic carbocycles. The number of hydrogen-bond acceptors (Lipinski definition) is 11. The standard InChI is InChI=1S/C22H20O12/c1-6-13-9(16(26)8-2-7(24)3-10(25)15(8)18(13)28)4-11(14(6)21(31)32)33-22-20(30)19(29)17(27)12(5-23)34-22/h2-4,12,17,19-20,22-25,27,29-30H,5H2,1H3,(H,31,32)/t12-,17-,19+,20-,22-/m1/s1. The van der Waals surface area contributed by atoms with Gasteiger partial charge in [-0.25, -0.2) is 4.79 Å². The van der Waals surface area contributed by atoms with Crippen LogP contribution in [0.3, 0.4) is 0 Å². The van der Waals surface area contributed by atoms with E-state index in [4.69, 9.17) is 9.47 Å². The van der Waals surface area contributed by atoms with Gasteiger partial charge in [0.25, 0.3) is 0 Å². The van der Waals surface area contributed by atoms with Crippen molar-refractivity contribution in [3.8, 4) is 17.2 Å². The van der Waals surface area contributed by atoms with Crippen molar-refractivity contribution in [3.05, 3.63) is 51.6 Å². The molecular weight excluding hydrogens is 456 g/mol. The molecule has 0 radical (unpaired) electrons. The van der Waals surface area contributed by atoms with E-state index >= 15 is 0 Å². The number of fused-ring (bicyclic) bond motifs is 2. The van der Waals surface area contributed by atoms with Gasteiger partial charge in [0.2, 0.25) is 6.29 Å². The largest absolute Gasteiger partial charge is 0.508 e. The molecule has 2 aliphatic rings. The van der Waals surface area contributed by atoms with E-state index in [9.17, 15) is 50.1 Å². The lowest BCUT2D eigenvalue weighted by Gasteiger charge is -2.39. The fourth-order valence-electron chi connectivity index (χ4n) is 4.21. The van der Waals surface area contributed by atoms with Crippen LogP contribution in [-0.2, 0) is 4.74 Å². The number of phenols is 2. The van der Waals surface area contributed by atoms with Crippen molar-refractivity contribution in [2.45, 2.75) is 37.6 Å². The number of carboxylic acid groups (broad SMARTS) is 1. The smallest absolute Gasteiger partial charge is 0.339 e. The summed E-state index contributed by atoms with van der Waals surface area (Å²) in [6, 6.07) is 2.80. The molecule has 1 fully saturated rings. The van der Waals surface area contributed by atoms with Crippen LogP contribution in [0.4, 0.5) is 0 Å². The summed E-state index contributed by atoms with van der Waals surface area (Å²) in [6.07, 6.45) is -8.43. The molecule has 180 valence electrons. The van der Waals surface area contributed by atoms with Gasteiger partial charge in [-0.2, -0.15) is 0 Å². The van der Waals surface area contributed by atoms with Crippen molar-refractivity contribution in [2.24, 2.45) is 0 Å². The van der Waals surface area contributed by atoms with Crippen LogP contribution in [0.25, 0.3) is 0 Å². The molecule has 5 atom stereocenters. The van der Waals surface area contributed by atoms with E-state index in [1.165, 1.54) is 6.92 Å². The average molecular weight is 476 g/mol. The number of aromatic hydroxyl groups is 2. The van der Waals surface area contributed by atoms with Gasteiger partial charge in [0.1, 0.15) is 47.2 Å². The monoisotopic (exact) mass is 476 g/mol. The number of phenolic OH excluding ortho intramolecular Hbond substituents is 2. The summed E-state index contributed by atoms with van der Waals surface area (Å²) < 4.78 is 10.7. The highest BCUT2D eigenvalue weighted by Gasteiger charge is 2.45. The third-order valence-electron chi connectivity index (χ3n) is 5.89. The minimum atomic E-state index is -1.86. The van der Waals surface area contributed by atoms with E-state index < -0.39 is 83.2 Å². The first-order valence-electron chi connectivity index (χ1n) is 10.0. The molecule has 1 saturated heterocycles. The number of carbonyl (C=O) groups is 3. The lowest BCUT2D eigenvalue weighted by molar-refractivity contribution is -0.277. The first-order chi connectivity index (χ1) is 16.0. The average Bonchev–Trinajstić information content (AvgIpc) is 2.76. The van der Waals surface area contributed by atoms with E-state index in [2.05, 4.69) is 0 Å². The summed E-state index contributed by atoms with van der Waals surface area (Å²) in [6.45, 7) is 0.493. The highest BCUT2D eigenvalue weighted by molar-refractivity contribution is 6.30. The van der Waals surface area contributed by atoms with Crippen molar-refractivity contribution < 1.29 is 59.6 Å². The van der Waals surface area contributed by atoms with E-state index in [1.807, 2.05) is 0 Å². The van der Waals surface area contributed by atoms with Crippen LogP contribution < -0.4 is 4.74 Å². The first kappa shape index (κ1) is 23.6. The molecule has 12 heteroatoms. The van der Waals surface area contributed by atoms with Crippen LogP contribution >= 0.6 is 0 Å². The SMILES string of the molecule is Cc1c(C(=O)O)c(O[C@@H]2O[C@H](CO)[C@@H](O)[C@H](O)[C@H]2O)cc2c1C(=O)c1c(O)cc(O)cc1C2=O. The quantitative estimate of drug-likeness (QED) is 0.243. The Balaban J connectivity index is 1.85. The lowest BCUT2D eigenvalue weighted by atomic mass is 9.80. The zero-order chi connectivity index (χ0) is 25.1. The number of aliphatic hydroxyl groups is 4.